The first-order valence-corrected chi connectivity index (χ1v) is 6.79. The Morgan fingerprint density at radius 3 is 2.78 bits per heavy atom. The standard InChI is InChI=1S/C16H16ClN/c17-15-6-1-3-12(9-15)11-18-16-8-7-13-4-2-5-14(13)10-16/h1,3,6-10,18H,2,4-5,11H2. The van der Waals surface area contributed by atoms with Crippen LogP contribution in [0.4, 0.5) is 5.69 Å². The average Bonchev–Trinajstić information content (AvgIpc) is 2.84. The molecule has 18 heavy (non-hydrogen) atoms. The monoisotopic (exact) mass is 257 g/mol. The topological polar surface area (TPSA) is 12.0 Å². The molecule has 0 bridgehead atoms. The number of halogens is 1. The summed E-state index contributed by atoms with van der Waals surface area (Å²) in [5.41, 5.74) is 5.44. The Hall–Kier alpha value is -1.47. The molecule has 0 heterocycles. The van der Waals surface area contributed by atoms with E-state index in [0.29, 0.717) is 0 Å². The Labute approximate surface area is 113 Å². The highest BCUT2D eigenvalue weighted by Crippen LogP contribution is 2.25. The SMILES string of the molecule is Clc1cccc(CNc2ccc3c(c2)CCC3)c1. The van der Waals surface area contributed by atoms with Gasteiger partial charge in [0.05, 0.1) is 0 Å². The lowest BCUT2D eigenvalue weighted by atomic mass is 10.1. The van der Waals surface area contributed by atoms with Crippen LogP contribution in [0.15, 0.2) is 42.5 Å². The van der Waals surface area contributed by atoms with Gasteiger partial charge in [0.15, 0.2) is 0 Å². The molecule has 0 aromatic heterocycles. The van der Waals surface area contributed by atoms with E-state index in [1.807, 2.05) is 18.2 Å². The van der Waals surface area contributed by atoms with Crippen LogP contribution in [-0.4, -0.2) is 0 Å². The van der Waals surface area contributed by atoms with Crippen molar-refractivity contribution in [1.29, 1.82) is 0 Å². The van der Waals surface area contributed by atoms with E-state index in [4.69, 9.17) is 11.6 Å². The van der Waals surface area contributed by atoms with Crippen molar-refractivity contribution in [2.75, 3.05) is 5.32 Å². The molecule has 0 fully saturated rings. The summed E-state index contributed by atoms with van der Waals surface area (Å²) in [7, 11) is 0. The second kappa shape index (κ2) is 5.03. The first kappa shape index (κ1) is 11.6. The molecule has 3 rings (SSSR count). The maximum Gasteiger partial charge on any atom is 0.0409 e. The number of hydrogen-bond acceptors (Lipinski definition) is 1. The van der Waals surface area contributed by atoms with Gasteiger partial charge in [-0.3, -0.25) is 0 Å². The fraction of sp³-hybridized carbons (Fsp3) is 0.250. The molecule has 92 valence electrons. The molecule has 0 aliphatic heterocycles. The maximum absolute atomic E-state index is 5.98. The van der Waals surface area contributed by atoms with Crippen LogP contribution in [0.5, 0.6) is 0 Å². The third-order valence-corrected chi connectivity index (χ3v) is 3.72. The number of rotatable bonds is 3. The number of hydrogen-bond donors (Lipinski definition) is 1. The zero-order valence-corrected chi connectivity index (χ0v) is 11.0. The van der Waals surface area contributed by atoms with E-state index in [1.54, 1.807) is 0 Å². The Balaban J connectivity index is 1.70. The smallest absolute Gasteiger partial charge is 0.0409 e. The van der Waals surface area contributed by atoms with Crippen LogP contribution < -0.4 is 5.32 Å². The minimum absolute atomic E-state index is 0.795. The van der Waals surface area contributed by atoms with Crippen LogP contribution in [-0.2, 0) is 19.4 Å². The zero-order valence-electron chi connectivity index (χ0n) is 10.2. The van der Waals surface area contributed by atoms with Crippen molar-refractivity contribution in [3.05, 3.63) is 64.2 Å². The van der Waals surface area contributed by atoms with Gasteiger partial charge in [-0.1, -0.05) is 29.8 Å². The summed E-state index contributed by atoms with van der Waals surface area (Å²) in [6.07, 6.45) is 3.76. The predicted molar refractivity (Wildman–Crippen MR) is 77.2 cm³/mol. The predicted octanol–water partition coefficient (Wildman–Crippen LogP) is 4.44. The lowest BCUT2D eigenvalue weighted by Crippen LogP contribution is -1.99. The molecule has 1 aliphatic rings. The van der Waals surface area contributed by atoms with Crippen LogP contribution in [0.1, 0.15) is 23.1 Å². The van der Waals surface area contributed by atoms with E-state index in [1.165, 1.54) is 41.6 Å². The van der Waals surface area contributed by atoms with E-state index < -0.39 is 0 Å². The second-order valence-electron chi connectivity index (χ2n) is 4.82. The van der Waals surface area contributed by atoms with Gasteiger partial charge in [-0.15, -0.1) is 0 Å². The first-order valence-electron chi connectivity index (χ1n) is 6.41. The first-order chi connectivity index (χ1) is 8.81. The summed E-state index contributed by atoms with van der Waals surface area (Å²) in [5, 5.41) is 4.25. The molecule has 1 N–H and O–H groups in total. The van der Waals surface area contributed by atoms with Gasteiger partial charge in [0.1, 0.15) is 0 Å². The summed E-state index contributed by atoms with van der Waals surface area (Å²) >= 11 is 5.98. The molecular formula is C16H16ClN. The highest BCUT2D eigenvalue weighted by Gasteiger charge is 2.10. The number of benzene rings is 2. The summed E-state index contributed by atoms with van der Waals surface area (Å²) in [5.74, 6) is 0. The fourth-order valence-corrected chi connectivity index (χ4v) is 2.75. The van der Waals surface area contributed by atoms with Gasteiger partial charge in [0, 0.05) is 17.3 Å². The minimum atomic E-state index is 0.795. The summed E-state index contributed by atoms with van der Waals surface area (Å²) in [6, 6.07) is 14.7. The number of nitrogens with one attached hydrogen (secondary N) is 1. The van der Waals surface area contributed by atoms with Crippen molar-refractivity contribution < 1.29 is 0 Å². The molecule has 2 heteroatoms. The maximum atomic E-state index is 5.98. The van der Waals surface area contributed by atoms with Gasteiger partial charge < -0.3 is 5.32 Å². The molecule has 2 aromatic carbocycles. The molecular weight excluding hydrogens is 242 g/mol. The summed E-state index contributed by atoms with van der Waals surface area (Å²) < 4.78 is 0. The van der Waals surface area contributed by atoms with E-state index >= 15 is 0 Å². The van der Waals surface area contributed by atoms with Crippen molar-refractivity contribution in [3.63, 3.8) is 0 Å². The molecule has 1 aliphatic carbocycles. The average molecular weight is 258 g/mol. The van der Waals surface area contributed by atoms with Crippen molar-refractivity contribution in [3.8, 4) is 0 Å². The van der Waals surface area contributed by atoms with Gasteiger partial charge in [-0.2, -0.15) is 0 Å². The Morgan fingerprint density at radius 1 is 1.00 bits per heavy atom. The van der Waals surface area contributed by atoms with Crippen LogP contribution >= 0.6 is 11.6 Å². The molecule has 1 nitrogen and oxygen atoms in total. The largest absolute Gasteiger partial charge is 0.381 e. The Kier molecular flexibility index (Phi) is 3.24. The molecule has 0 saturated carbocycles. The van der Waals surface area contributed by atoms with Gasteiger partial charge in [0.25, 0.3) is 0 Å². The third kappa shape index (κ3) is 2.51. The van der Waals surface area contributed by atoms with Crippen molar-refractivity contribution in [2.24, 2.45) is 0 Å². The molecule has 0 amide bonds. The Bertz CT molecular complexity index is 563. The van der Waals surface area contributed by atoms with Crippen LogP contribution in [0.3, 0.4) is 0 Å². The number of aryl methyl sites for hydroxylation is 2. The quantitative estimate of drug-likeness (QED) is 0.857. The van der Waals surface area contributed by atoms with Gasteiger partial charge in [0.2, 0.25) is 0 Å². The van der Waals surface area contributed by atoms with Crippen molar-refractivity contribution in [2.45, 2.75) is 25.8 Å². The van der Waals surface area contributed by atoms with Gasteiger partial charge >= 0.3 is 0 Å². The van der Waals surface area contributed by atoms with E-state index in [0.717, 1.165) is 11.6 Å². The van der Waals surface area contributed by atoms with Crippen LogP contribution in [0, 0.1) is 0 Å². The Morgan fingerprint density at radius 2 is 1.89 bits per heavy atom. The molecule has 0 radical (unpaired) electrons. The number of anilines is 1. The highest BCUT2D eigenvalue weighted by molar-refractivity contribution is 6.30. The normalized spacial score (nSPS) is 13.4. The van der Waals surface area contributed by atoms with Crippen LogP contribution in [0.25, 0.3) is 0 Å². The summed E-state index contributed by atoms with van der Waals surface area (Å²) in [4.78, 5) is 0. The molecule has 0 spiro atoms. The molecule has 2 aromatic rings. The second-order valence-corrected chi connectivity index (χ2v) is 5.26. The van der Waals surface area contributed by atoms with Crippen LogP contribution in [0.2, 0.25) is 5.02 Å². The summed E-state index contributed by atoms with van der Waals surface area (Å²) in [6.45, 7) is 0.819. The fourth-order valence-electron chi connectivity index (χ4n) is 2.53. The molecule has 0 saturated heterocycles. The minimum Gasteiger partial charge on any atom is -0.381 e. The van der Waals surface area contributed by atoms with Gasteiger partial charge in [-0.25, -0.2) is 0 Å². The third-order valence-electron chi connectivity index (χ3n) is 3.48. The number of fused-ring (bicyclic) bond motifs is 1. The van der Waals surface area contributed by atoms with Crippen molar-refractivity contribution in [1.82, 2.24) is 0 Å². The van der Waals surface area contributed by atoms with Crippen molar-refractivity contribution >= 4 is 17.3 Å². The van der Waals surface area contributed by atoms with Gasteiger partial charge in [-0.05, 0) is 60.2 Å². The molecule has 0 unspecified atom stereocenters. The lowest BCUT2D eigenvalue weighted by molar-refractivity contribution is 0.912. The highest BCUT2D eigenvalue weighted by atomic mass is 35.5. The molecule has 0 atom stereocenters. The van der Waals surface area contributed by atoms with E-state index in [9.17, 15) is 0 Å². The lowest BCUT2D eigenvalue weighted by Gasteiger charge is -2.09. The van der Waals surface area contributed by atoms with E-state index in [-0.39, 0.29) is 0 Å². The van der Waals surface area contributed by atoms with E-state index in [2.05, 4.69) is 29.6 Å². The zero-order chi connectivity index (χ0) is 12.4.